The van der Waals surface area contributed by atoms with Crippen molar-refractivity contribution in [2.45, 2.75) is 49.3 Å². The van der Waals surface area contributed by atoms with Gasteiger partial charge in [0.25, 0.3) is 13.7 Å². The van der Waals surface area contributed by atoms with E-state index in [0.29, 0.717) is 0 Å². The van der Waals surface area contributed by atoms with Gasteiger partial charge in [0.1, 0.15) is 17.7 Å². The van der Waals surface area contributed by atoms with Crippen molar-refractivity contribution in [3.05, 3.63) is 33.1 Å². The predicted octanol–water partition coefficient (Wildman–Crippen LogP) is 0.193. The molecule has 11 nitrogen and oxygen atoms in total. The second kappa shape index (κ2) is 9.19. The maximum atomic E-state index is 15.0. The molecule has 1 aromatic heterocycles. The molecule has 0 bridgehead atoms. The number of aliphatic hydroxyl groups is 1. The number of esters is 1. The zero-order valence-corrected chi connectivity index (χ0v) is 18.4. The average Bonchev–Trinajstić information content (AvgIpc) is 2.83. The van der Waals surface area contributed by atoms with Gasteiger partial charge < -0.3 is 19.1 Å². The van der Waals surface area contributed by atoms with Gasteiger partial charge in [0.2, 0.25) is 4.58 Å². The highest BCUT2D eigenvalue weighted by molar-refractivity contribution is 9.10. The molecule has 1 unspecified atom stereocenters. The number of H-pyrrole nitrogens is 1. The van der Waals surface area contributed by atoms with Gasteiger partial charge in [0, 0.05) is 12.3 Å². The number of hydrogen-bond donors (Lipinski definition) is 3. The lowest BCUT2D eigenvalue weighted by Crippen LogP contribution is -2.44. The number of halogens is 2. The second-order valence-corrected chi connectivity index (χ2v) is 9.06. The van der Waals surface area contributed by atoms with Crippen LogP contribution in [0.3, 0.4) is 0 Å². The van der Waals surface area contributed by atoms with E-state index in [9.17, 15) is 28.4 Å². The molecular formula is C15H22BrFN3O8P. The van der Waals surface area contributed by atoms with Gasteiger partial charge >= 0.3 is 11.7 Å². The highest BCUT2D eigenvalue weighted by Gasteiger charge is 2.57. The molecule has 1 aliphatic heterocycles. The molecule has 2 rings (SSSR count). The van der Waals surface area contributed by atoms with Crippen LogP contribution in [-0.4, -0.2) is 56.2 Å². The van der Waals surface area contributed by atoms with Crippen LogP contribution >= 0.6 is 24.1 Å². The van der Waals surface area contributed by atoms with Crippen LogP contribution in [0.2, 0.25) is 0 Å². The van der Waals surface area contributed by atoms with Crippen LogP contribution in [0, 0.1) is 0 Å². The van der Waals surface area contributed by atoms with E-state index in [1.165, 1.54) is 13.8 Å². The summed E-state index contributed by atoms with van der Waals surface area (Å²) >= 11 is 2.70. The van der Waals surface area contributed by atoms with Gasteiger partial charge in [-0.05, 0) is 36.7 Å². The fourth-order valence-corrected chi connectivity index (χ4v) is 4.15. The molecule has 0 aromatic carbocycles. The standard InChI is InChI=1S/C15H22BrFN3O8P/c1-4-26-12(23)14(2,3)19-29(25)27-7-8-10(22)15(16,17)11(28-8)20-6-5-9(21)18-13(20)24/h5-6,8,10-11,22,29H,4,7H2,1-3H3,(H,19,25)(H,18,21,24)/t8-,10-,11-,15-/m1/s1. The van der Waals surface area contributed by atoms with Gasteiger partial charge in [0.05, 0.1) is 13.2 Å². The number of aliphatic hydroxyl groups excluding tert-OH is 1. The Morgan fingerprint density at radius 3 is 2.79 bits per heavy atom. The summed E-state index contributed by atoms with van der Waals surface area (Å²) < 4.78 is 40.6. The summed E-state index contributed by atoms with van der Waals surface area (Å²) in [5.74, 6) is -0.639. The van der Waals surface area contributed by atoms with Gasteiger partial charge in [-0.3, -0.25) is 23.7 Å². The molecule has 5 atom stereocenters. The predicted molar refractivity (Wildman–Crippen MR) is 103 cm³/mol. The number of ether oxygens (including phenoxy) is 2. The summed E-state index contributed by atoms with van der Waals surface area (Å²) in [7, 11) is -3.00. The SMILES string of the molecule is CCOC(=O)C(C)(C)N[PH](=O)OC[C@H]1O[C@@H](n2ccc(=O)[nH]c2=O)[C@@](F)(Br)[C@@H]1O. The van der Waals surface area contributed by atoms with Crippen LogP contribution in [0.25, 0.3) is 0 Å². The smallest absolute Gasteiger partial charge is 0.330 e. The molecule has 0 spiro atoms. The fraction of sp³-hybridized carbons (Fsp3) is 0.667. The Labute approximate surface area is 173 Å². The van der Waals surface area contributed by atoms with E-state index in [-0.39, 0.29) is 6.61 Å². The normalized spacial score (nSPS) is 28.3. The highest BCUT2D eigenvalue weighted by Crippen LogP contribution is 2.46. The number of hydrogen-bond acceptors (Lipinski definition) is 8. The number of nitrogens with zero attached hydrogens (tertiary/aromatic N) is 1. The van der Waals surface area contributed by atoms with Gasteiger partial charge in [-0.25, -0.2) is 14.3 Å². The number of aromatic amines is 1. The second-order valence-electron chi connectivity index (χ2n) is 6.73. The molecule has 0 saturated carbocycles. The van der Waals surface area contributed by atoms with E-state index < -0.39 is 60.6 Å². The molecule has 1 aromatic rings. The lowest BCUT2D eigenvalue weighted by atomic mass is 10.1. The quantitative estimate of drug-likeness (QED) is 0.257. The Kier molecular flexibility index (Phi) is 7.57. The summed E-state index contributed by atoms with van der Waals surface area (Å²) in [4.78, 5) is 36.8. The minimum absolute atomic E-state index is 0.142. The number of carbonyl (C=O) groups excluding carboxylic acids is 1. The topological polar surface area (TPSA) is 149 Å². The van der Waals surface area contributed by atoms with Crippen molar-refractivity contribution in [3.63, 3.8) is 0 Å². The van der Waals surface area contributed by atoms with Crippen molar-refractivity contribution >= 4 is 30.1 Å². The van der Waals surface area contributed by atoms with Crippen molar-refractivity contribution in [1.29, 1.82) is 0 Å². The molecule has 164 valence electrons. The third-order valence-electron chi connectivity index (χ3n) is 4.06. The lowest BCUT2D eigenvalue weighted by Gasteiger charge is -2.24. The van der Waals surface area contributed by atoms with Crippen molar-refractivity contribution in [2.75, 3.05) is 13.2 Å². The van der Waals surface area contributed by atoms with Crippen molar-refractivity contribution < 1.29 is 32.9 Å². The van der Waals surface area contributed by atoms with Gasteiger partial charge in [-0.2, -0.15) is 0 Å². The third-order valence-corrected chi connectivity index (χ3v) is 6.18. The van der Waals surface area contributed by atoms with E-state index in [0.717, 1.165) is 16.8 Å². The first-order chi connectivity index (χ1) is 13.4. The van der Waals surface area contributed by atoms with Crippen LogP contribution in [0.4, 0.5) is 4.39 Å². The van der Waals surface area contributed by atoms with Gasteiger partial charge in [-0.1, -0.05) is 0 Å². The summed E-state index contributed by atoms with van der Waals surface area (Å²) in [6, 6.07) is 0.990. The molecule has 1 fully saturated rings. The van der Waals surface area contributed by atoms with Crippen molar-refractivity contribution in [2.24, 2.45) is 0 Å². The van der Waals surface area contributed by atoms with Crippen LogP contribution in [0.5, 0.6) is 0 Å². The lowest BCUT2D eigenvalue weighted by molar-refractivity contribution is -0.149. The number of aromatic nitrogens is 2. The summed E-state index contributed by atoms with van der Waals surface area (Å²) in [5.41, 5.74) is -2.92. The Hall–Kier alpha value is -1.37. The van der Waals surface area contributed by atoms with Gasteiger partial charge in [0.15, 0.2) is 6.23 Å². The first kappa shape index (κ1) is 23.9. The average molecular weight is 502 g/mol. The zero-order valence-electron chi connectivity index (χ0n) is 15.8. The van der Waals surface area contributed by atoms with Crippen molar-refractivity contribution in [3.8, 4) is 0 Å². The fourth-order valence-electron chi connectivity index (χ4n) is 2.53. The minimum atomic E-state index is -3.00. The number of carbonyl (C=O) groups is 1. The zero-order chi connectivity index (χ0) is 22.0. The van der Waals surface area contributed by atoms with Crippen LogP contribution in [0.15, 0.2) is 21.9 Å². The van der Waals surface area contributed by atoms with Crippen LogP contribution < -0.4 is 16.3 Å². The van der Waals surface area contributed by atoms with E-state index >= 15 is 0 Å². The van der Waals surface area contributed by atoms with Crippen LogP contribution in [0.1, 0.15) is 27.0 Å². The minimum Gasteiger partial charge on any atom is -0.465 e. The molecule has 0 amide bonds. The molecule has 1 saturated heterocycles. The molecule has 0 radical (unpaired) electrons. The van der Waals surface area contributed by atoms with Crippen molar-refractivity contribution in [1.82, 2.24) is 14.6 Å². The maximum Gasteiger partial charge on any atom is 0.330 e. The Balaban J connectivity index is 2.05. The molecule has 29 heavy (non-hydrogen) atoms. The molecule has 14 heteroatoms. The monoisotopic (exact) mass is 501 g/mol. The maximum absolute atomic E-state index is 15.0. The molecule has 3 N–H and O–H groups in total. The van der Waals surface area contributed by atoms with E-state index in [1.54, 1.807) is 6.92 Å². The first-order valence-electron chi connectivity index (χ1n) is 8.55. The van der Waals surface area contributed by atoms with E-state index in [4.69, 9.17) is 14.0 Å². The molecule has 2 heterocycles. The summed E-state index contributed by atoms with van der Waals surface area (Å²) in [6.07, 6.45) is -3.70. The first-order valence-corrected chi connectivity index (χ1v) is 10.7. The largest absolute Gasteiger partial charge is 0.465 e. The Morgan fingerprint density at radius 1 is 1.55 bits per heavy atom. The number of alkyl halides is 2. The third kappa shape index (κ3) is 5.41. The Morgan fingerprint density at radius 2 is 2.21 bits per heavy atom. The van der Waals surface area contributed by atoms with Crippen LogP contribution in [-0.2, 0) is 23.4 Å². The number of nitrogens with one attached hydrogen (secondary N) is 2. The number of rotatable bonds is 8. The van der Waals surface area contributed by atoms with E-state index in [1.807, 2.05) is 4.98 Å². The Bertz CT molecular complexity index is 889. The molecule has 1 aliphatic rings. The van der Waals surface area contributed by atoms with Gasteiger partial charge in [-0.15, -0.1) is 0 Å². The molecule has 0 aliphatic carbocycles. The summed E-state index contributed by atoms with van der Waals surface area (Å²) in [5, 5.41) is 12.7. The van der Waals surface area contributed by atoms with E-state index in [2.05, 4.69) is 21.0 Å². The highest BCUT2D eigenvalue weighted by atomic mass is 79.9. The summed E-state index contributed by atoms with van der Waals surface area (Å²) in [6.45, 7) is 4.16. The molecular weight excluding hydrogens is 480 g/mol.